The van der Waals surface area contributed by atoms with E-state index in [0.717, 1.165) is 18.4 Å². The largest absolute Gasteiger partial charge is 0.458 e. The molecule has 15 N–H and O–H groups in total. The lowest BCUT2D eigenvalue weighted by Gasteiger charge is -2.63. The number of carbonyl (C=O) groups excluding carboxylic acids is 2. The molecule has 32 heteroatoms. The SMILES string of the molecule is C=C(C)CCCC1(C)OC(=O)C23CC=C4C(CCC5C4(C)CCC(OC4OCC(OC6OC(CO)C(O)C(OC7OC(CO)C(O)C(OC)C7O)C6O)C(O)C4OC4OC(CO)C(OC6OCC(O)C(OC7OC(CO)C(O)C(OC)C7O)C6O)C(O)C4O)C5(C)C)C2(C)CC(=O)C13. The Morgan fingerprint density at radius 3 is 1.64 bits per heavy atom. The summed E-state index contributed by atoms with van der Waals surface area (Å²) in [4.78, 5) is 29.1. The second-order valence-corrected chi connectivity index (χ2v) is 30.2. The van der Waals surface area contributed by atoms with E-state index in [9.17, 15) is 86.2 Å². The summed E-state index contributed by atoms with van der Waals surface area (Å²) in [7, 11) is 2.36. The van der Waals surface area contributed by atoms with Gasteiger partial charge in [-0.2, -0.15) is 0 Å². The molecule has 36 unspecified atom stereocenters. The average Bonchev–Trinajstić information content (AvgIpc) is 1.47. The normalized spacial score (nSPS) is 51.7. The van der Waals surface area contributed by atoms with E-state index < -0.39 is 251 Å². The van der Waals surface area contributed by atoms with E-state index >= 15 is 0 Å². The molecule has 560 valence electrons. The Hall–Kier alpha value is -2.54. The molecule has 7 heterocycles. The van der Waals surface area contributed by atoms with Crippen molar-refractivity contribution in [3.05, 3.63) is 23.8 Å². The minimum Gasteiger partial charge on any atom is -0.458 e. The number of ether oxygens (including phenoxy) is 15. The molecule has 3 saturated carbocycles. The molecular weight excluding hydrogens is 1300 g/mol. The summed E-state index contributed by atoms with van der Waals surface area (Å²) in [5, 5.41) is 167. The minimum absolute atomic E-state index is 0.0446. The van der Waals surface area contributed by atoms with Gasteiger partial charge in [-0.05, 0) is 93.3 Å². The van der Waals surface area contributed by atoms with Crippen molar-refractivity contribution in [3.8, 4) is 0 Å². The molecule has 11 rings (SSSR count). The highest BCUT2D eigenvalue weighted by atomic mass is 16.8. The molecule has 32 nitrogen and oxygen atoms in total. The van der Waals surface area contributed by atoms with Crippen LogP contribution < -0.4 is 0 Å². The maximum absolute atomic E-state index is 14.6. The number of hydrogen-bond donors (Lipinski definition) is 15. The topological polar surface area (TPSA) is 476 Å². The molecule has 36 atom stereocenters. The maximum atomic E-state index is 14.6. The van der Waals surface area contributed by atoms with Crippen molar-refractivity contribution in [1.82, 2.24) is 0 Å². The van der Waals surface area contributed by atoms with Gasteiger partial charge in [0.25, 0.3) is 0 Å². The predicted molar refractivity (Wildman–Crippen MR) is 326 cm³/mol. The van der Waals surface area contributed by atoms with Crippen LogP contribution in [-0.2, 0) is 80.6 Å². The highest BCUT2D eigenvalue weighted by Gasteiger charge is 2.79. The van der Waals surface area contributed by atoms with Crippen LogP contribution in [0.3, 0.4) is 0 Å². The van der Waals surface area contributed by atoms with Gasteiger partial charge in [-0.15, -0.1) is 6.58 Å². The first-order valence-electron chi connectivity index (χ1n) is 34.2. The van der Waals surface area contributed by atoms with Gasteiger partial charge in [0.05, 0.1) is 57.1 Å². The monoisotopic (exact) mass is 1410 g/mol. The standard InChI is InChI=1S/C66H104O32/c1-26(2)11-10-16-65(7)54-29(71)19-64(6)28-12-13-36-62(3,4)37(15-17-63(36,5)27(28)14-18-66(54,64)61(83)98-65)93-60-53(41(76)35(25-87-60)92-57-47(82)52(40(75)33(22-69)88-57)96-59-46(81)51(85-9)39(74)32(21-68)90-59)97-56-43(78)42(77)49(34(23-70)91-56)95-55-44(79)48(30(72)24-86-55)94-58-45(80)50(84-8)38(73)31(20-67)89-58/h14,28,30-60,67-70,72-82H,1,10-13,15-25H2,2-9H3. The number of methoxy groups -OCH3 is 2. The Morgan fingerprint density at radius 1 is 0.551 bits per heavy atom. The third kappa shape index (κ3) is 13.2. The molecule has 98 heavy (non-hydrogen) atoms. The van der Waals surface area contributed by atoms with Gasteiger partial charge in [0.2, 0.25) is 0 Å². The lowest BCUT2D eigenvalue weighted by Crippen LogP contribution is -2.67. The number of esters is 1. The molecule has 0 aromatic carbocycles. The number of cyclic esters (lactones) is 1. The van der Waals surface area contributed by atoms with Gasteiger partial charge in [-0.1, -0.05) is 44.9 Å². The number of ketones is 1. The number of allylic oxidation sites excluding steroid dienone is 3. The zero-order chi connectivity index (χ0) is 71.2. The van der Waals surface area contributed by atoms with Crippen LogP contribution in [0.1, 0.15) is 99.3 Å². The Morgan fingerprint density at radius 2 is 1.06 bits per heavy atom. The average molecular weight is 1410 g/mol. The Labute approximate surface area is 567 Å². The first kappa shape index (κ1) is 76.6. The summed E-state index contributed by atoms with van der Waals surface area (Å²) >= 11 is 0. The highest BCUT2D eigenvalue weighted by Crippen LogP contribution is 2.75. The van der Waals surface area contributed by atoms with Gasteiger partial charge < -0.3 is 148 Å². The molecule has 1 spiro atoms. The van der Waals surface area contributed by atoms with E-state index in [1.807, 2.05) is 13.8 Å². The van der Waals surface area contributed by atoms with E-state index in [0.29, 0.717) is 38.5 Å². The van der Waals surface area contributed by atoms with Crippen molar-refractivity contribution in [2.45, 2.75) is 283 Å². The third-order valence-electron chi connectivity index (χ3n) is 24.0. The van der Waals surface area contributed by atoms with Gasteiger partial charge in [0, 0.05) is 20.6 Å². The summed E-state index contributed by atoms with van der Waals surface area (Å²) < 4.78 is 89.5. The van der Waals surface area contributed by atoms with Crippen molar-refractivity contribution in [2.24, 2.45) is 39.4 Å². The number of fused-ring (bicyclic) bond motifs is 4. The number of Topliss-reactive ketones (excluding diaryl/α,β-unsaturated/α-hetero) is 1. The van der Waals surface area contributed by atoms with E-state index in [2.05, 4.69) is 40.3 Å². The predicted octanol–water partition coefficient (Wildman–Crippen LogP) is -4.29. The molecule has 0 aromatic heterocycles. The number of aliphatic hydroxyl groups is 15. The molecule has 0 radical (unpaired) electrons. The summed E-state index contributed by atoms with van der Waals surface area (Å²) in [6.07, 6.45) is -41.6. The molecule has 11 aliphatic rings. The van der Waals surface area contributed by atoms with Crippen molar-refractivity contribution in [1.29, 1.82) is 0 Å². The molecule has 7 aliphatic heterocycles. The van der Waals surface area contributed by atoms with Crippen LogP contribution in [0.15, 0.2) is 23.8 Å². The number of aliphatic hydroxyl groups excluding tert-OH is 15. The second kappa shape index (κ2) is 29.8. The van der Waals surface area contributed by atoms with Crippen molar-refractivity contribution in [2.75, 3.05) is 53.9 Å². The van der Waals surface area contributed by atoms with Gasteiger partial charge in [-0.3, -0.25) is 9.59 Å². The second-order valence-electron chi connectivity index (χ2n) is 30.2. The van der Waals surface area contributed by atoms with E-state index in [1.54, 1.807) is 0 Å². The van der Waals surface area contributed by atoms with Crippen LogP contribution in [0, 0.1) is 39.4 Å². The van der Waals surface area contributed by atoms with Crippen LogP contribution in [0.25, 0.3) is 0 Å². The van der Waals surface area contributed by atoms with Crippen LogP contribution in [-0.4, -0.2) is 326 Å². The van der Waals surface area contributed by atoms with Crippen LogP contribution >= 0.6 is 0 Å². The zero-order valence-electron chi connectivity index (χ0n) is 56.5. The Bertz CT molecular complexity index is 2800. The van der Waals surface area contributed by atoms with Crippen molar-refractivity contribution in [3.63, 3.8) is 0 Å². The van der Waals surface area contributed by atoms with Crippen LogP contribution in [0.2, 0.25) is 0 Å². The third-order valence-corrected chi connectivity index (χ3v) is 24.0. The Balaban J connectivity index is 0.836. The lowest BCUT2D eigenvalue weighted by molar-refractivity contribution is -0.396. The van der Waals surface area contributed by atoms with Gasteiger partial charge in [0.15, 0.2) is 37.7 Å². The Kier molecular flexibility index (Phi) is 23.3. The van der Waals surface area contributed by atoms with Crippen LogP contribution in [0.4, 0.5) is 0 Å². The number of hydrogen-bond acceptors (Lipinski definition) is 32. The first-order chi connectivity index (χ1) is 46.3. The fraction of sp³-hybridized carbons (Fsp3) is 0.909. The fourth-order valence-corrected chi connectivity index (χ4v) is 18.8. The van der Waals surface area contributed by atoms with Gasteiger partial charge in [0.1, 0.15) is 146 Å². The van der Waals surface area contributed by atoms with E-state index in [4.69, 9.17) is 71.1 Å². The van der Waals surface area contributed by atoms with Gasteiger partial charge >= 0.3 is 5.97 Å². The van der Waals surface area contributed by atoms with E-state index in [1.165, 1.54) is 19.8 Å². The minimum atomic E-state index is -2.14. The molecule has 10 fully saturated rings. The van der Waals surface area contributed by atoms with Crippen molar-refractivity contribution >= 4 is 11.8 Å². The smallest absolute Gasteiger partial charge is 0.314 e. The molecule has 4 aliphatic carbocycles. The van der Waals surface area contributed by atoms with Crippen molar-refractivity contribution < 1.29 is 157 Å². The lowest BCUT2D eigenvalue weighted by atomic mass is 9.41. The fourth-order valence-electron chi connectivity index (χ4n) is 18.8. The first-order valence-corrected chi connectivity index (χ1v) is 34.2. The number of rotatable bonds is 22. The highest BCUT2D eigenvalue weighted by molar-refractivity contribution is 5.99. The quantitative estimate of drug-likeness (QED) is 0.0277. The molecule has 0 aromatic rings. The summed E-state index contributed by atoms with van der Waals surface area (Å²) in [6, 6.07) is 0. The summed E-state index contributed by atoms with van der Waals surface area (Å²) in [5.41, 5.74) is -1.68. The summed E-state index contributed by atoms with van der Waals surface area (Å²) in [5.74, 6) is -1.07. The molecule has 7 saturated heterocycles. The maximum Gasteiger partial charge on any atom is 0.314 e. The van der Waals surface area contributed by atoms with Crippen LogP contribution in [0.5, 0.6) is 0 Å². The summed E-state index contributed by atoms with van der Waals surface area (Å²) in [6.45, 7) is 11.9. The zero-order valence-corrected chi connectivity index (χ0v) is 56.5. The van der Waals surface area contributed by atoms with Gasteiger partial charge in [-0.25, -0.2) is 0 Å². The molecule has 0 bridgehead atoms. The molecule has 0 amide bonds. The molecular formula is C66H104O32. The number of carbonyl (C=O) groups is 2. The van der Waals surface area contributed by atoms with E-state index in [-0.39, 0.29) is 30.0 Å².